The number of hydrogen-bond acceptors (Lipinski definition) is 6. The van der Waals surface area contributed by atoms with Crippen molar-refractivity contribution < 1.29 is 38.2 Å². The lowest BCUT2D eigenvalue weighted by Gasteiger charge is -2.31. The van der Waals surface area contributed by atoms with Gasteiger partial charge in [-0.1, -0.05) is 192 Å². The number of aliphatic carboxylic acids is 1. The summed E-state index contributed by atoms with van der Waals surface area (Å²) in [5.74, 6) is -1.48. The molecule has 1 N–H and O–H groups in total. The topological polar surface area (TPSA) is 99.1 Å². The monoisotopic (exact) mass is 875 g/mol. The van der Waals surface area contributed by atoms with Crippen LogP contribution in [0.5, 0.6) is 0 Å². The molecule has 62 heavy (non-hydrogen) atoms. The Morgan fingerprint density at radius 1 is 0.484 bits per heavy atom. The highest BCUT2D eigenvalue weighted by Crippen LogP contribution is 2.15. The lowest BCUT2D eigenvalue weighted by molar-refractivity contribution is -0.887. The molecule has 0 aliphatic heterocycles. The molecule has 2 unspecified atom stereocenters. The lowest BCUT2D eigenvalue weighted by atomic mass is 10.0. The van der Waals surface area contributed by atoms with Crippen molar-refractivity contribution in [1.82, 2.24) is 0 Å². The number of quaternary nitrogens is 1. The van der Waals surface area contributed by atoms with Gasteiger partial charge < -0.3 is 23.8 Å². The summed E-state index contributed by atoms with van der Waals surface area (Å²) in [5.41, 5.74) is 0. The van der Waals surface area contributed by atoms with Gasteiger partial charge in [0.2, 0.25) is 0 Å². The van der Waals surface area contributed by atoms with Gasteiger partial charge in [-0.3, -0.25) is 9.59 Å². The number of carbonyl (C=O) groups is 3. The van der Waals surface area contributed by atoms with E-state index in [0.717, 1.165) is 57.8 Å². The lowest BCUT2D eigenvalue weighted by Crippen LogP contribution is -2.50. The summed E-state index contributed by atoms with van der Waals surface area (Å²) in [7, 11) is 5.53. The Hall–Kier alpha value is -2.45. The van der Waals surface area contributed by atoms with Gasteiger partial charge in [-0.15, -0.1) is 0 Å². The summed E-state index contributed by atoms with van der Waals surface area (Å²) in [6.07, 6.45) is 53.4. The standard InChI is InChI=1S/C54H99NO7/c1-6-8-10-12-14-16-18-20-22-23-24-25-26-27-28-29-31-32-34-36-38-40-42-44-52(56)61-49-50(48-60-47-46-51(54(58)59)55(3,4)5)62-53(57)45-43-41-39-37-35-33-30-21-19-17-15-13-11-9-7-2/h15,17,19,21,27-28,50-51H,6-14,16,18,20,22-26,29-49H2,1-5H3/p+1/b17-15+,21-19+,28-27+. The summed E-state index contributed by atoms with van der Waals surface area (Å²) in [6.45, 7) is 4.72. The maximum atomic E-state index is 12.8. The van der Waals surface area contributed by atoms with Gasteiger partial charge in [0.1, 0.15) is 6.61 Å². The second-order valence-electron chi connectivity index (χ2n) is 18.8. The van der Waals surface area contributed by atoms with Crippen LogP contribution < -0.4 is 0 Å². The number of likely N-dealkylation sites (N-methyl/N-ethyl adjacent to an activating group) is 1. The molecule has 0 aromatic rings. The number of carbonyl (C=O) groups excluding carboxylic acids is 2. The largest absolute Gasteiger partial charge is 0.477 e. The van der Waals surface area contributed by atoms with E-state index in [1.165, 1.54) is 148 Å². The van der Waals surface area contributed by atoms with Crippen molar-refractivity contribution in [3.8, 4) is 0 Å². The van der Waals surface area contributed by atoms with E-state index in [9.17, 15) is 19.5 Å². The molecule has 0 rings (SSSR count). The molecule has 0 amide bonds. The molecule has 362 valence electrons. The number of carboxylic acid groups (broad SMARTS) is 1. The second-order valence-corrected chi connectivity index (χ2v) is 18.8. The predicted octanol–water partition coefficient (Wildman–Crippen LogP) is 15.0. The fraction of sp³-hybridized carbons (Fsp3) is 0.833. The van der Waals surface area contributed by atoms with Crippen LogP contribution in [0.15, 0.2) is 36.5 Å². The quantitative estimate of drug-likeness (QED) is 0.0214. The van der Waals surface area contributed by atoms with E-state index in [2.05, 4.69) is 50.3 Å². The third-order valence-corrected chi connectivity index (χ3v) is 11.8. The van der Waals surface area contributed by atoms with Crippen LogP contribution in [-0.2, 0) is 28.6 Å². The molecular weight excluding hydrogens is 775 g/mol. The third-order valence-electron chi connectivity index (χ3n) is 11.8. The van der Waals surface area contributed by atoms with Crippen LogP contribution in [0.3, 0.4) is 0 Å². The highest BCUT2D eigenvalue weighted by atomic mass is 16.6. The molecule has 0 saturated heterocycles. The van der Waals surface area contributed by atoms with Crippen LogP contribution in [-0.4, -0.2) is 80.6 Å². The highest BCUT2D eigenvalue weighted by molar-refractivity contribution is 5.72. The fourth-order valence-electron chi connectivity index (χ4n) is 7.73. The normalized spacial score (nSPS) is 13.1. The van der Waals surface area contributed by atoms with Crippen molar-refractivity contribution in [2.45, 2.75) is 251 Å². The molecule has 0 aliphatic carbocycles. The summed E-state index contributed by atoms with van der Waals surface area (Å²) in [4.78, 5) is 37.1. The van der Waals surface area contributed by atoms with E-state index in [-0.39, 0.29) is 36.2 Å². The SMILES string of the molecule is CCCCC/C=C/C=C/CCCCCCCCC(=O)OC(COCCC(C(=O)O)[N+](C)(C)C)COC(=O)CCCCCCCCC/C=C/CCCCCCCCCCCCCC. The van der Waals surface area contributed by atoms with Gasteiger partial charge in [0.05, 0.1) is 34.4 Å². The summed E-state index contributed by atoms with van der Waals surface area (Å²) in [6, 6.07) is -0.617. The highest BCUT2D eigenvalue weighted by Gasteiger charge is 2.31. The molecule has 2 atom stereocenters. The minimum atomic E-state index is -0.876. The molecule has 0 spiro atoms. The van der Waals surface area contributed by atoms with Crippen molar-refractivity contribution in [3.63, 3.8) is 0 Å². The minimum Gasteiger partial charge on any atom is -0.477 e. The number of esters is 2. The molecule has 0 radical (unpaired) electrons. The Morgan fingerprint density at radius 2 is 0.855 bits per heavy atom. The fourth-order valence-corrected chi connectivity index (χ4v) is 7.73. The maximum Gasteiger partial charge on any atom is 0.362 e. The summed E-state index contributed by atoms with van der Waals surface area (Å²) >= 11 is 0. The van der Waals surface area contributed by atoms with Crippen LogP contribution in [0.4, 0.5) is 0 Å². The third kappa shape index (κ3) is 42.8. The molecule has 8 heteroatoms. The number of allylic oxidation sites excluding steroid dienone is 6. The van der Waals surface area contributed by atoms with Crippen molar-refractivity contribution in [2.24, 2.45) is 0 Å². The summed E-state index contributed by atoms with van der Waals surface area (Å²) < 4.78 is 17.3. The molecular formula is C54H100NO7+. The van der Waals surface area contributed by atoms with E-state index in [4.69, 9.17) is 14.2 Å². The van der Waals surface area contributed by atoms with Crippen molar-refractivity contribution in [2.75, 3.05) is 41.0 Å². The first kappa shape index (κ1) is 59.5. The number of carboxylic acids is 1. The van der Waals surface area contributed by atoms with E-state index >= 15 is 0 Å². The zero-order valence-electron chi connectivity index (χ0n) is 41.3. The van der Waals surface area contributed by atoms with Gasteiger partial charge in [-0.2, -0.15) is 0 Å². The van der Waals surface area contributed by atoms with E-state index in [1.807, 2.05) is 21.1 Å². The Balaban J connectivity index is 4.20. The zero-order chi connectivity index (χ0) is 45.6. The van der Waals surface area contributed by atoms with Gasteiger partial charge >= 0.3 is 17.9 Å². The minimum absolute atomic E-state index is 0.0564. The average Bonchev–Trinajstić information content (AvgIpc) is 3.23. The van der Waals surface area contributed by atoms with Crippen LogP contribution in [0.2, 0.25) is 0 Å². The molecule has 0 fully saturated rings. The molecule has 0 aliphatic rings. The number of rotatable bonds is 47. The van der Waals surface area contributed by atoms with Gasteiger partial charge in [-0.05, 0) is 64.2 Å². The molecule has 0 heterocycles. The van der Waals surface area contributed by atoms with Gasteiger partial charge in [-0.25, -0.2) is 4.79 Å². The van der Waals surface area contributed by atoms with Gasteiger partial charge in [0.15, 0.2) is 12.1 Å². The molecule has 0 saturated carbocycles. The van der Waals surface area contributed by atoms with Gasteiger partial charge in [0, 0.05) is 19.3 Å². The summed E-state index contributed by atoms with van der Waals surface area (Å²) in [5, 5.41) is 9.65. The first-order valence-electron chi connectivity index (χ1n) is 26.0. The molecule has 0 bridgehead atoms. The number of nitrogens with zero attached hydrogens (tertiary/aromatic N) is 1. The molecule has 0 aromatic heterocycles. The second kappa shape index (κ2) is 45.1. The molecule has 0 aromatic carbocycles. The van der Waals surface area contributed by atoms with E-state index < -0.39 is 18.1 Å². The average molecular weight is 875 g/mol. The van der Waals surface area contributed by atoms with Crippen molar-refractivity contribution >= 4 is 17.9 Å². The van der Waals surface area contributed by atoms with E-state index in [1.54, 1.807) is 0 Å². The Kier molecular flexibility index (Phi) is 43.3. The van der Waals surface area contributed by atoms with Crippen LogP contribution in [0, 0.1) is 0 Å². The number of hydrogen-bond donors (Lipinski definition) is 1. The van der Waals surface area contributed by atoms with Crippen molar-refractivity contribution in [1.29, 1.82) is 0 Å². The zero-order valence-corrected chi connectivity index (χ0v) is 41.3. The number of unbranched alkanes of at least 4 members (excludes halogenated alkanes) is 28. The molecule has 8 nitrogen and oxygen atoms in total. The Morgan fingerprint density at radius 3 is 1.29 bits per heavy atom. The van der Waals surface area contributed by atoms with Crippen LogP contribution >= 0.6 is 0 Å². The first-order chi connectivity index (χ1) is 30.1. The van der Waals surface area contributed by atoms with Crippen molar-refractivity contribution in [3.05, 3.63) is 36.5 Å². The smallest absolute Gasteiger partial charge is 0.362 e. The van der Waals surface area contributed by atoms with Gasteiger partial charge in [0.25, 0.3) is 0 Å². The van der Waals surface area contributed by atoms with Crippen LogP contribution in [0.1, 0.15) is 239 Å². The Bertz CT molecular complexity index is 1110. The Labute approximate surface area is 383 Å². The van der Waals surface area contributed by atoms with Crippen LogP contribution in [0.25, 0.3) is 0 Å². The maximum absolute atomic E-state index is 12.8. The number of ether oxygens (including phenoxy) is 3. The predicted molar refractivity (Wildman–Crippen MR) is 261 cm³/mol. The van der Waals surface area contributed by atoms with E-state index in [0.29, 0.717) is 19.3 Å². The first-order valence-corrected chi connectivity index (χ1v) is 26.0.